The van der Waals surface area contributed by atoms with Gasteiger partial charge in [0, 0.05) is 6.20 Å². The maximum absolute atomic E-state index is 11.1. The van der Waals surface area contributed by atoms with Crippen LogP contribution in [0, 0.1) is 0 Å². The minimum atomic E-state index is -0.380. The molecule has 15 heavy (non-hydrogen) atoms. The van der Waals surface area contributed by atoms with Gasteiger partial charge in [-0.1, -0.05) is 19.4 Å². The molecule has 1 heterocycles. The first-order valence-corrected chi connectivity index (χ1v) is 5.13. The lowest BCUT2D eigenvalue weighted by Crippen LogP contribution is -2.24. The normalized spacial score (nSPS) is 9.67. The maximum atomic E-state index is 11.1. The molecule has 1 amide bonds. The van der Waals surface area contributed by atoms with Crippen LogP contribution in [-0.2, 0) is 11.3 Å². The van der Waals surface area contributed by atoms with Gasteiger partial charge in [-0.25, -0.2) is 4.79 Å². The number of carbonyl (C=O) groups is 1. The number of rotatable bonds is 5. The second-order valence-electron chi connectivity index (χ2n) is 3.16. The topological polar surface area (TPSA) is 51.2 Å². The van der Waals surface area contributed by atoms with Crippen LogP contribution in [0.5, 0.6) is 0 Å². The van der Waals surface area contributed by atoms with Crippen molar-refractivity contribution >= 4 is 6.09 Å². The lowest BCUT2D eigenvalue weighted by atomic mass is 10.3. The number of aromatic nitrogens is 1. The molecule has 0 aliphatic rings. The fraction of sp³-hybridized carbons (Fsp3) is 0.455. The van der Waals surface area contributed by atoms with Crippen LogP contribution in [0.3, 0.4) is 0 Å². The van der Waals surface area contributed by atoms with Gasteiger partial charge in [0.05, 0.1) is 18.8 Å². The Labute approximate surface area is 89.7 Å². The fourth-order valence-corrected chi connectivity index (χ4v) is 1.03. The molecule has 0 saturated carbocycles. The van der Waals surface area contributed by atoms with E-state index in [2.05, 4.69) is 17.2 Å². The van der Waals surface area contributed by atoms with Gasteiger partial charge < -0.3 is 10.1 Å². The third kappa shape index (κ3) is 5.00. The van der Waals surface area contributed by atoms with Crippen LogP contribution in [0.4, 0.5) is 4.79 Å². The highest BCUT2D eigenvalue weighted by Gasteiger charge is 2.00. The van der Waals surface area contributed by atoms with Gasteiger partial charge in [0.1, 0.15) is 0 Å². The van der Waals surface area contributed by atoms with E-state index in [0.717, 1.165) is 18.5 Å². The third-order valence-corrected chi connectivity index (χ3v) is 1.87. The summed E-state index contributed by atoms with van der Waals surface area (Å²) in [5.74, 6) is 0. The lowest BCUT2D eigenvalue weighted by molar-refractivity contribution is 0.144. The van der Waals surface area contributed by atoms with E-state index in [1.165, 1.54) is 0 Å². The average Bonchev–Trinajstić information content (AvgIpc) is 2.28. The third-order valence-electron chi connectivity index (χ3n) is 1.87. The summed E-state index contributed by atoms with van der Waals surface area (Å²) in [4.78, 5) is 15.2. The number of hydrogen-bond donors (Lipinski definition) is 1. The quantitative estimate of drug-likeness (QED) is 0.754. The Morgan fingerprint density at radius 3 is 3.07 bits per heavy atom. The summed E-state index contributed by atoms with van der Waals surface area (Å²) in [5, 5.41) is 2.63. The summed E-state index contributed by atoms with van der Waals surface area (Å²) in [6.45, 7) is 2.94. The van der Waals surface area contributed by atoms with Crippen LogP contribution in [-0.4, -0.2) is 17.7 Å². The Kier molecular flexibility index (Phi) is 5.22. The van der Waals surface area contributed by atoms with Crippen molar-refractivity contribution < 1.29 is 9.53 Å². The fourth-order valence-electron chi connectivity index (χ4n) is 1.03. The molecule has 1 aromatic rings. The van der Waals surface area contributed by atoms with Crippen molar-refractivity contribution in [2.75, 3.05) is 6.61 Å². The molecule has 0 spiro atoms. The zero-order valence-corrected chi connectivity index (χ0v) is 8.90. The summed E-state index contributed by atoms with van der Waals surface area (Å²) in [6, 6.07) is 5.57. The van der Waals surface area contributed by atoms with Crippen molar-refractivity contribution in [3.63, 3.8) is 0 Å². The molecule has 0 atom stereocenters. The first kappa shape index (κ1) is 11.5. The van der Waals surface area contributed by atoms with Crippen molar-refractivity contribution in [3.05, 3.63) is 30.1 Å². The monoisotopic (exact) mass is 208 g/mol. The van der Waals surface area contributed by atoms with E-state index in [-0.39, 0.29) is 6.09 Å². The highest BCUT2D eigenvalue weighted by molar-refractivity contribution is 5.66. The molecule has 82 valence electrons. The molecule has 0 radical (unpaired) electrons. The van der Waals surface area contributed by atoms with Crippen molar-refractivity contribution in [3.8, 4) is 0 Å². The molecule has 1 rings (SSSR count). The molecule has 4 nitrogen and oxygen atoms in total. The van der Waals surface area contributed by atoms with E-state index in [1.54, 1.807) is 6.20 Å². The Morgan fingerprint density at radius 1 is 1.53 bits per heavy atom. The van der Waals surface area contributed by atoms with E-state index in [1.807, 2.05) is 18.2 Å². The molecule has 0 fully saturated rings. The number of unbranched alkanes of at least 4 members (excludes halogenated alkanes) is 1. The van der Waals surface area contributed by atoms with E-state index in [4.69, 9.17) is 4.74 Å². The van der Waals surface area contributed by atoms with E-state index >= 15 is 0 Å². The molecule has 0 aliphatic heterocycles. The molecule has 0 aliphatic carbocycles. The van der Waals surface area contributed by atoms with Gasteiger partial charge in [-0.15, -0.1) is 0 Å². The van der Waals surface area contributed by atoms with Crippen molar-refractivity contribution in [1.29, 1.82) is 0 Å². The number of hydrogen-bond acceptors (Lipinski definition) is 3. The lowest BCUT2D eigenvalue weighted by Gasteiger charge is -2.05. The first-order valence-electron chi connectivity index (χ1n) is 5.13. The second-order valence-corrected chi connectivity index (χ2v) is 3.16. The van der Waals surface area contributed by atoms with Crippen LogP contribution in [0.25, 0.3) is 0 Å². The largest absolute Gasteiger partial charge is 0.450 e. The summed E-state index contributed by atoms with van der Waals surface area (Å²) >= 11 is 0. The number of alkyl carbamates (subject to hydrolysis) is 1. The smallest absolute Gasteiger partial charge is 0.407 e. The molecule has 0 unspecified atom stereocenters. The SMILES string of the molecule is CCCCOC(=O)NCc1ccccn1. The zero-order valence-electron chi connectivity index (χ0n) is 8.90. The van der Waals surface area contributed by atoms with Crippen LogP contribution < -0.4 is 5.32 Å². The number of amides is 1. The van der Waals surface area contributed by atoms with Gasteiger partial charge in [-0.05, 0) is 18.6 Å². The Bertz CT molecular complexity index is 288. The van der Waals surface area contributed by atoms with Gasteiger partial charge in [0.15, 0.2) is 0 Å². The number of pyridine rings is 1. The van der Waals surface area contributed by atoms with Crippen LogP contribution >= 0.6 is 0 Å². The average molecular weight is 208 g/mol. The van der Waals surface area contributed by atoms with Crippen molar-refractivity contribution in [1.82, 2.24) is 10.3 Å². The Morgan fingerprint density at radius 2 is 2.40 bits per heavy atom. The van der Waals surface area contributed by atoms with E-state index < -0.39 is 0 Å². The van der Waals surface area contributed by atoms with Crippen molar-refractivity contribution in [2.45, 2.75) is 26.3 Å². The Balaban J connectivity index is 2.17. The van der Waals surface area contributed by atoms with Crippen LogP contribution in [0.2, 0.25) is 0 Å². The van der Waals surface area contributed by atoms with E-state index in [9.17, 15) is 4.79 Å². The maximum Gasteiger partial charge on any atom is 0.407 e. The number of ether oxygens (including phenoxy) is 1. The van der Waals surface area contributed by atoms with Crippen molar-refractivity contribution in [2.24, 2.45) is 0 Å². The molecule has 0 saturated heterocycles. The Hall–Kier alpha value is -1.58. The van der Waals surface area contributed by atoms with Gasteiger partial charge in [-0.2, -0.15) is 0 Å². The number of nitrogens with zero attached hydrogens (tertiary/aromatic N) is 1. The first-order chi connectivity index (χ1) is 7.33. The molecule has 0 aromatic carbocycles. The number of carbonyl (C=O) groups excluding carboxylic acids is 1. The molecule has 1 N–H and O–H groups in total. The predicted molar refractivity (Wildman–Crippen MR) is 57.3 cm³/mol. The second kappa shape index (κ2) is 6.81. The summed E-state index contributed by atoms with van der Waals surface area (Å²) in [5.41, 5.74) is 0.824. The standard InChI is InChI=1S/C11H16N2O2/c1-2-3-8-15-11(14)13-9-10-6-4-5-7-12-10/h4-7H,2-3,8-9H2,1H3,(H,13,14). The molecule has 1 aromatic heterocycles. The van der Waals surface area contributed by atoms with Crippen LogP contribution in [0.1, 0.15) is 25.5 Å². The zero-order chi connectivity index (χ0) is 10.9. The summed E-state index contributed by atoms with van der Waals surface area (Å²) in [6.07, 6.45) is 3.23. The minimum absolute atomic E-state index is 0.380. The van der Waals surface area contributed by atoms with Crippen LogP contribution in [0.15, 0.2) is 24.4 Å². The van der Waals surface area contributed by atoms with Gasteiger partial charge in [0.25, 0.3) is 0 Å². The van der Waals surface area contributed by atoms with Gasteiger partial charge in [-0.3, -0.25) is 4.98 Å². The van der Waals surface area contributed by atoms with Gasteiger partial charge >= 0.3 is 6.09 Å². The number of nitrogens with one attached hydrogen (secondary N) is 1. The highest BCUT2D eigenvalue weighted by atomic mass is 16.5. The van der Waals surface area contributed by atoms with E-state index in [0.29, 0.717) is 13.2 Å². The molecular formula is C11H16N2O2. The summed E-state index contributed by atoms with van der Waals surface area (Å²) in [7, 11) is 0. The highest BCUT2D eigenvalue weighted by Crippen LogP contribution is 1.93. The molecule has 4 heteroatoms. The molecule has 0 bridgehead atoms. The summed E-state index contributed by atoms with van der Waals surface area (Å²) < 4.78 is 4.93. The minimum Gasteiger partial charge on any atom is -0.450 e. The predicted octanol–water partition coefficient (Wildman–Crippen LogP) is 2.11. The van der Waals surface area contributed by atoms with Gasteiger partial charge in [0.2, 0.25) is 0 Å². The molecular weight excluding hydrogens is 192 g/mol.